The fraction of sp³-hybridized carbons (Fsp3) is 0.111. The molecule has 6 nitrogen and oxygen atoms in total. The third kappa shape index (κ3) is 2.92. The van der Waals surface area contributed by atoms with Crippen LogP contribution in [0.4, 0.5) is 10.1 Å². The summed E-state index contributed by atoms with van der Waals surface area (Å²) in [7, 11) is 0. The summed E-state index contributed by atoms with van der Waals surface area (Å²) >= 11 is 0. The molecule has 0 saturated carbocycles. The van der Waals surface area contributed by atoms with E-state index in [0.29, 0.717) is 0 Å². The second-order valence-corrected chi connectivity index (χ2v) is 2.81. The standard InChI is InChI=1S/C9H9FN2O4/c10-5-2-1-3-6(8(5)9(11)15)12-16-4-7(13)14/h1-3,12H,4H2,(H2,11,15)(H,13,14). The van der Waals surface area contributed by atoms with E-state index in [1.54, 1.807) is 0 Å². The van der Waals surface area contributed by atoms with Gasteiger partial charge in [0, 0.05) is 0 Å². The Morgan fingerprint density at radius 2 is 2.19 bits per heavy atom. The number of carboxylic acid groups (broad SMARTS) is 1. The highest BCUT2D eigenvalue weighted by molar-refractivity contribution is 5.98. The molecule has 0 aliphatic rings. The quantitative estimate of drug-likeness (QED) is 0.631. The van der Waals surface area contributed by atoms with Gasteiger partial charge in [0.15, 0.2) is 6.61 Å². The van der Waals surface area contributed by atoms with Gasteiger partial charge in [0.25, 0.3) is 5.91 Å². The molecule has 16 heavy (non-hydrogen) atoms. The molecule has 0 heterocycles. The second-order valence-electron chi connectivity index (χ2n) is 2.81. The summed E-state index contributed by atoms with van der Waals surface area (Å²) in [6.07, 6.45) is 0. The number of amides is 1. The maximum Gasteiger partial charge on any atom is 0.332 e. The van der Waals surface area contributed by atoms with Crippen LogP contribution in [0.1, 0.15) is 10.4 Å². The SMILES string of the molecule is NC(=O)c1c(F)cccc1NOCC(=O)O. The van der Waals surface area contributed by atoms with Gasteiger partial charge in [-0.1, -0.05) is 6.07 Å². The predicted octanol–water partition coefficient (Wildman–Crippen LogP) is 0.353. The van der Waals surface area contributed by atoms with Crippen LogP contribution >= 0.6 is 0 Å². The van der Waals surface area contributed by atoms with Crippen molar-refractivity contribution in [1.29, 1.82) is 0 Å². The highest BCUT2D eigenvalue weighted by atomic mass is 19.1. The van der Waals surface area contributed by atoms with Crippen LogP contribution in [-0.4, -0.2) is 23.6 Å². The lowest BCUT2D eigenvalue weighted by molar-refractivity contribution is -0.141. The summed E-state index contributed by atoms with van der Waals surface area (Å²) in [5.41, 5.74) is 6.70. The number of carbonyl (C=O) groups is 2. The third-order valence-electron chi connectivity index (χ3n) is 1.64. The summed E-state index contributed by atoms with van der Waals surface area (Å²) in [6.45, 7) is -0.630. The topological polar surface area (TPSA) is 102 Å². The molecule has 0 bridgehead atoms. The van der Waals surface area contributed by atoms with Gasteiger partial charge < -0.3 is 10.8 Å². The van der Waals surface area contributed by atoms with Crippen LogP contribution in [0.5, 0.6) is 0 Å². The smallest absolute Gasteiger partial charge is 0.332 e. The Kier molecular flexibility index (Phi) is 3.78. The summed E-state index contributed by atoms with van der Waals surface area (Å²) < 4.78 is 13.2. The van der Waals surface area contributed by atoms with Crippen molar-refractivity contribution in [2.75, 3.05) is 12.1 Å². The molecule has 1 amide bonds. The minimum Gasteiger partial charge on any atom is -0.479 e. The van der Waals surface area contributed by atoms with Crippen LogP contribution in [0.3, 0.4) is 0 Å². The van der Waals surface area contributed by atoms with Crippen molar-refractivity contribution >= 4 is 17.6 Å². The number of rotatable bonds is 5. The van der Waals surface area contributed by atoms with Crippen LogP contribution in [0, 0.1) is 5.82 Å². The summed E-state index contributed by atoms with van der Waals surface area (Å²) in [6, 6.07) is 3.72. The average Bonchev–Trinajstić information content (AvgIpc) is 2.16. The van der Waals surface area contributed by atoms with E-state index in [-0.39, 0.29) is 11.3 Å². The minimum absolute atomic E-state index is 0.0197. The number of hydrogen-bond acceptors (Lipinski definition) is 4. The number of benzene rings is 1. The monoisotopic (exact) mass is 228 g/mol. The van der Waals surface area contributed by atoms with Crippen LogP contribution in [-0.2, 0) is 9.63 Å². The van der Waals surface area contributed by atoms with Gasteiger partial charge in [-0.3, -0.25) is 15.1 Å². The lowest BCUT2D eigenvalue weighted by Gasteiger charge is -2.09. The summed E-state index contributed by atoms with van der Waals surface area (Å²) in [5.74, 6) is -2.99. The maximum absolute atomic E-state index is 13.2. The molecule has 86 valence electrons. The molecular formula is C9H9FN2O4. The Labute approximate surface area is 89.8 Å². The highest BCUT2D eigenvalue weighted by Crippen LogP contribution is 2.18. The van der Waals surface area contributed by atoms with Crippen molar-refractivity contribution in [3.05, 3.63) is 29.6 Å². The molecular weight excluding hydrogens is 219 g/mol. The van der Waals surface area contributed by atoms with Gasteiger partial charge in [0.2, 0.25) is 0 Å². The van der Waals surface area contributed by atoms with Gasteiger partial charge >= 0.3 is 5.97 Å². The first-order valence-electron chi connectivity index (χ1n) is 4.20. The summed E-state index contributed by atoms with van der Waals surface area (Å²) in [4.78, 5) is 25.6. The van der Waals surface area contributed by atoms with E-state index in [0.717, 1.165) is 6.07 Å². The van der Waals surface area contributed by atoms with Crippen molar-refractivity contribution < 1.29 is 23.9 Å². The lowest BCUT2D eigenvalue weighted by Crippen LogP contribution is -2.18. The average molecular weight is 228 g/mol. The van der Waals surface area contributed by atoms with Gasteiger partial charge in [-0.15, -0.1) is 0 Å². The Morgan fingerprint density at radius 3 is 2.75 bits per heavy atom. The Bertz CT molecular complexity index is 422. The highest BCUT2D eigenvalue weighted by Gasteiger charge is 2.13. The van der Waals surface area contributed by atoms with Crippen molar-refractivity contribution in [2.45, 2.75) is 0 Å². The number of aliphatic carboxylic acids is 1. The van der Waals surface area contributed by atoms with E-state index >= 15 is 0 Å². The van der Waals surface area contributed by atoms with Crippen molar-refractivity contribution in [2.24, 2.45) is 5.73 Å². The molecule has 0 aliphatic carbocycles. The van der Waals surface area contributed by atoms with Crippen molar-refractivity contribution in [3.63, 3.8) is 0 Å². The zero-order valence-corrected chi connectivity index (χ0v) is 8.07. The van der Waals surface area contributed by atoms with Crippen molar-refractivity contribution in [1.82, 2.24) is 0 Å². The largest absolute Gasteiger partial charge is 0.479 e. The van der Waals surface area contributed by atoms with Gasteiger partial charge in [0.05, 0.1) is 5.69 Å². The number of nitrogens with two attached hydrogens (primary N) is 1. The van der Waals surface area contributed by atoms with Gasteiger partial charge in [0.1, 0.15) is 11.4 Å². The van der Waals surface area contributed by atoms with Crippen molar-refractivity contribution in [3.8, 4) is 0 Å². The van der Waals surface area contributed by atoms with Crippen LogP contribution < -0.4 is 11.2 Å². The molecule has 0 fully saturated rings. The van der Waals surface area contributed by atoms with Crippen LogP contribution in [0.15, 0.2) is 18.2 Å². The molecule has 0 aliphatic heterocycles. The molecule has 0 saturated heterocycles. The number of nitrogens with one attached hydrogen (secondary N) is 1. The number of anilines is 1. The first-order chi connectivity index (χ1) is 7.52. The maximum atomic E-state index is 13.2. The number of primary amides is 1. The Hall–Kier alpha value is -2.15. The molecule has 0 atom stereocenters. The fourth-order valence-electron chi connectivity index (χ4n) is 1.04. The molecule has 1 rings (SSSR count). The molecule has 0 aromatic heterocycles. The Morgan fingerprint density at radius 1 is 1.50 bits per heavy atom. The van der Waals surface area contributed by atoms with E-state index in [2.05, 4.69) is 10.3 Å². The summed E-state index contributed by atoms with van der Waals surface area (Å²) in [5, 5.41) is 8.29. The zero-order chi connectivity index (χ0) is 12.1. The predicted molar refractivity (Wildman–Crippen MR) is 52.1 cm³/mol. The molecule has 4 N–H and O–H groups in total. The van der Waals surface area contributed by atoms with Gasteiger partial charge in [-0.2, -0.15) is 0 Å². The van der Waals surface area contributed by atoms with Gasteiger partial charge in [-0.25, -0.2) is 9.18 Å². The number of carbonyl (C=O) groups excluding carboxylic acids is 1. The number of carboxylic acids is 1. The second kappa shape index (κ2) is 5.08. The molecule has 7 heteroatoms. The first kappa shape index (κ1) is 11.9. The van der Waals surface area contributed by atoms with Gasteiger partial charge in [-0.05, 0) is 12.1 Å². The van der Waals surface area contributed by atoms with E-state index in [9.17, 15) is 14.0 Å². The van der Waals surface area contributed by atoms with E-state index in [4.69, 9.17) is 10.8 Å². The number of halogens is 1. The van der Waals surface area contributed by atoms with E-state index in [1.165, 1.54) is 12.1 Å². The molecule has 0 radical (unpaired) electrons. The molecule has 0 spiro atoms. The lowest BCUT2D eigenvalue weighted by atomic mass is 10.1. The molecule has 1 aromatic rings. The van der Waals surface area contributed by atoms with Crippen LogP contribution in [0.25, 0.3) is 0 Å². The zero-order valence-electron chi connectivity index (χ0n) is 8.07. The molecule has 0 unspecified atom stereocenters. The van der Waals surface area contributed by atoms with Crippen LogP contribution in [0.2, 0.25) is 0 Å². The van der Waals surface area contributed by atoms with E-state index < -0.39 is 24.3 Å². The number of hydrogen-bond donors (Lipinski definition) is 3. The minimum atomic E-state index is -1.20. The normalized spacial score (nSPS) is 9.81. The molecule has 1 aromatic carbocycles. The fourth-order valence-corrected chi connectivity index (χ4v) is 1.04. The Balaban J connectivity index is 2.83. The third-order valence-corrected chi connectivity index (χ3v) is 1.64. The van der Waals surface area contributed by atoms with E-state index in [1.807, 2.05) is 0 Å². The first-order valence-corrected chi connectivity index (χ1v) is 4.20.